The lowest BCUT2D eigenvalue weighted by Crippen LogP contribution is -2.52. The van der Waals surface area contributed by atoms with Crippen molar-refractivity contribution in [1.82, 2.24) is 19.4 Å². The lowest BCUT2D eigenvalue weighted by atomic mass is 9.63. The highest BCUT2D eigenvalue weighted by molar-refractivity contribution is 7.92. The van der Waals surface area contributed by atoms with Gasteiger partial charge in [0.25, 0.3) is 5.56 Å². The molecule has 8 nitrogen and oxygen atoms in total. The molecule has 2 aromatic heterocycles. The third-order valence-corrected chi connectivity index (χ3v) is 12.0. The second-order valence-electron chi connectivity index (χ2n) is 12.5. The Hall–Kier alpha value is -2.49. The molecule has 40 heavy (non-hydrogen) atoms. The first kappa shape index (κ1) is 27.7. The Kier molecular flexibility index (Phi) is 6.99. The zero-order valence-electron chi connectivity index (χ0n) is 23.7. The van der Waals surface area contributed by atoms with Crippen LogP contribution in [0.25, 0.3) is 11.0 Å². The van der Waals surface area contributed by atoms with Crippen molar-refractivity contribution in [2.75, 3.05) is 18.4 Å². The number of aromatic nitrogens is 3. The molecule has 3 aliphatic rings. The number of anilines is 2. The van der Waals surface area contributed by atoms with Gasteiger partial charge < -0.3 is 10.2 Å². The summed E-state index contributed by atoms with van der Waals surface area (Å²) >= 11 is 6.24. The van der Waals surface area contributed by atoms with E-state index in [9.17, 15) is 13.2 Å². The van der Waals surface area contributed by atoms with Crippen molar-refractivity contribution >= 4 is 44.1 Å². The maximum absolute atomic E-state index is 13.5. The van der Waals surface area contributed by atoms with Gasteiger partial charge in [-0.15, -0.1) is 0 Å². The molecule has 6 rings (SSSR count). The van der Waals surface area contributed by atoms with Crippen LogP contribution in [-0.2, 0) is 9.84 Å². The number of rotatable bonds is 7. The largest absolute Gasteiger partial charge is 0.324 e. The average Bonchev–Trinajstić information content (AvgIpc) is 3.75. The minimum Gasteiger partial charge on any atom is -0.324 e. The van der Waals surface area contributed by atoms with Crippen molar-refractivity contribution in [3.05, 3.63) is 51.4 Å². The fourth-order valence-electron chi connectivity index (χ4n) is 6.63. The molecule has 2 saturated carbocycles. The van der Waals surface area contributed by atoms with E-state index in [1.54, 1.807) is 35.0 Å². The van der Waals surface area contributed by atoms with Crippen molar-refractivity contribution in [3.8, 4) is 0 Å². The van der Waals surface area contributed by atoms with Crippen LogP contribution in [0.5, 0.6) is 0 Å². The third-order valence-electron chi connectivity index (χ3n) is 9.56. The average molecular weight is 584 g/mol. The fourth-order valence-corrected chi connectivity index (χ4v) is 8.97. The second-order valence-corrected chi connectivity index (χ2v) is 15.2. The van der Waals surface area contributed by atoms with Crippen LogP contribution in [0.1, 0.15) is 70.9 Å². The lowest BCUT2D eigenvalue weighted by Gasteiger charge is -2.52. The smallest absolute Gasteiger partial charge is 0.271 e. The number of hydrogen-bond acceptors (Lipinski definition) is 7. The molecule has 10 heteroatoms. The Morgan fingerprint density at radius 3 is 2.42 bits per heavy atom. The summed E-state index contributed by atoms with van der Waals surface area (Å²) in [6.07, 6.45) is 7.54. The number of sulfone groups is 1. The molecule has 214 valence electrons. The van der Waals surface area contributed by atoms with E-state index in [0.29, 0.717) is 33.8 Å². The Bertz CT molecular complexity index is 1620. The van der Waals surface area contributed by atoms with Crippen molar-refractivity contribution in [1.29, 1.82) is 0 Å². The number of nitrogens with one attached hydrogen (secondary N) is 1. The molecule has 1 aliphatic heterocycles. The molecule has 3 aromatic rings. The van der Waals surface area contributed by atoms with Crippen LogP contribution in [0.3, 0.4) is 0 Å². The standard InChI is InChI=1S/C30H38ClN5O3S/c1-18(2)35-11-9-30(10-12-35)15-24(16-30)40(38,39)23-7-8-26(19(3)13-23)33-29-32-17-22-14-25(31)28(37)36(27(22)34-29)20(4)21-5-6-21/h7-8,13-14,17-18,20-21,24H,5-6,9-12,15-16H2,1-4H3,(H,32,33,34). The summed E-state index contributed by atoms with van der Waals surface area (Å²) in [5, 5.41) is 3.79. The van der Waals surface area contributed by atoms with E-state index in [2.05, 4.69) is 29.0 Å². The summed E-state index contributed by atoms with van der Waals surface area (Å²) in [4.78, 5) is 24.9. The number of hydrogen-bond donors (Lipinski definition) is 1. The topological polar surface area (TPSA) is 97.2 Å². The van der Waals surface area contributed by atoms with Gasteiger partial charge in [-0.2, -0.15) is 4.98 Å². The van der Waals surface area contributed by atoms with Crippen molar-refractivity contribution in [2.24, 2.45) is 11.3 Å². The van der Waals surface area contributed by atoms with Crippen molar-refractivity contribution < 1.29 is 8.42 Å². The molecular formula is C30H38ClN5O3S. The molecule has 1 spiro atoms. The van der Waals surface area contributed by atoms with E-state index in [4.69, 9.17) is 16.6 Å². The van der Waals surface area contributed by atoms with Gasteiger partial charge in [-0.1, -0.05) is 11.6 Å². The van der Waals surface area contributed by atoms with Gasteiger partial charge in [0.2, 0.25) is 5.95 Å². The summed E-state index contributed by atoms with van der Waals surface area (Å²) in [6.45, 7) is 10.5. The van der Waals surface area contributed by atoms with Crippen LogP contribution in [0.4, 0.5) is 11.6 Å². The monoisotopic (exact) mass is 583 g/mol. The molecule has 1 unspecified atom stereocenters. The molecule has 2 aliphatic carbocycles. The van der Waals surface area contributed by atoms with Crippen molar-refractivity contribution in [2.45, 2.75) is 88.4 Å². The first-order chi connectivity index (χ1) is 19.0. The normalized spacial score (nSPS) is 20.6. The number of halogens is 1. The highest BCUT2D eigenvalue weighted by atomic mass is 35.5. The number of fused-ring (bicyclic) bond motifs is 1. The van der Waals surface area contributed by atoms with Crippen LogP contribution < -0.4 is 10.9 Å². The maximum atomic E-state index is 13.5. The molecule has 0 bridgehead atoms. The van der Waals surface area contributed by atoms with Gasteiger partial charge in [-0.25, -0.2) is 13.4 Å². The van der Waals surface area contributed by atoms with Gasteiger partial charge in [0, 0.05) is 29.4 Å². The van der Waals surface area contributed by atoms with E-state index < -0.39 is 9.84 Å². The zero-order chi connectivity index (χ0) is 28.4. The summed E-state index contributed by atoms with van der Waals surface area (Å²) in [5.41, 5.74) is 2.01. The number of aryl methyl sites for hydroxylation is 1. The summed E-state index contributed by atoms with van der Waals surface area (Å²) in [7, 11) is -3.40. The van der Waals surface area contributed by atoms with Crippen LogP contribution in [-0.4, -0.2) is 52.2 Å². The summed E-state index contributed by atoms with van der Waals surface area (Å²) in [6, 6.07) is 7.37. The van der Waals surface area contributed by atoms with E-state index in [1.807, 2.05) is 13.8 Å². The molecule has 0 amide bonds. The quantitative estimate of drug-likeness (QED) is 0.370. The van der Waals surface area contributed by atoms with E-state index in [-0.39, 0.29) is 27.3 Å². The van der Waals surface area contributed by atoms with Gasteiger partial charge in [0.15, 0.2) is 9.84 Å². The first-order valence-electron chi connectivity index (χ1n) is 14.4. The van der Waals surface area contributed by atoms with Gasteiger partial charge >= 0.3 is 0 Å². The molecule has 3 fully saturated rings. The number of benzene rings is 1. The lowest BCUT2D eigenvalue weighted by molar-refractivity contribution is 0.0246. The van der Waals surface area contributed by atoms with Gasteiger partial charge in [0.1, 0.15) is 10.7 Å². The molecule has 1 N–H and O–H groups in total. The molecule has 1 aromatic carbocycles. The minimum absolute atomic E-state index is 0.00364. The van der Waals surface area contributed by atoms with Gasteiger partial charge in [0.05, 0.1) is 10.1 Å². The number of pyridine rings is 1. The van der Waals surface area contributed by atoms with Gasteiger partial charge in [-0.05, 0) is 120 Å². The van der Waals surface area contributed by atoms with Crippen LogP contribution in [0.2, 0.25) is 5.02 Å². The van der Waals surface area contributed by atoms with Crippen LogP contribution >= 0.6 is 11.6 Å². The maximum Gasteiger partial charge on any atom is 0.271 e. The highest BCUT2D eigenvalue weighted by Gasteiger charge is 2.51. The Morgan fingerprint density at radius 2 is 1.80 bits per heavy atom. The number of piperidine rings is 1. The second kappa shape index (κ2) is 10.1. The SMILES string of the molecule is Cc1cc(S(=O)(=O)C2CC3(CCN(C(C)C)CC3)C2)ccc1Nc1ncc2cc(Cl)c(=O)n(C(C)C3CC3)c2n1. The van der Waals surface area contributed by atoms with E-state index in [0.717, 1.165) is 62.9 Å². The Balaban J connectivity index is 1.20. The first-order valence-corrected chi connectivity index (χ1v) is 16.3. The van der Waals surface area contributed by atoms with Crippen molar-refractivity contribution in [3.63, 3.8) is 0 Å². The molecule has 1 atom stereocenters. The molecule has 0 radical (unpaired) electrons. The van der Waals surface area contributed by atoms with E-state index >= 15 is 0 Å². The number of likely N-dealkylation sites (tertiary alicyclic amines) is 1. The van der Waals surface area contributed by atoms with Crippen LogP contribution in [0, 0.1) is 18.3 Å². The van der Waals surface area contributed by atoms with E-state index in [1.165, 1.54) is 0 Å². The summed E-state index contributed by atoms with van der Waals surface area (Å²) in [5.74, 6) is 0.791. The predicted molar refractivity (Wildman–Crippen MR) is 159 cm³/mol. The molecular weight excluding hydrogens is 546 g/mol. The predicted octanol–water partition coefficient (Wildman–Crippen LogP) is 5.89. The Morgan fingerprint density at radius 1 is 1.10 bits per heavy atom. The number of nitrogens with zero attached hydrogens (tertiary/aromatic N) is 4. The van der Waals surface area contributed by atoms with Crippen LogP contribution in [0.15, 0.2) is 40.2 Å². The zero-order valence-corrected chi connectivity index (χ0v) is 25.2. The third kappa shape index (κ3) is 4.94. The molecule has 3 heterocycles. The Labute approximate surface area is 241 Å². The highest BCUT2D eigenvalue weighted by Crippen LogP contribution is 2.53. The molecule has 1 saturated heterocycles. The minimum atomic E-state index is -3.40. The fraction of sp³-hybridized carbons (Fsp3) is 0.567. The van der Waals surface area contributed by atoms with Gasteiger partial charge in [-0.3, -0.25) is 9.36 Å². The summed E-state index contributed by atoms with van der Waals surface area (Å²) < 4.78 is 28.7.